The third kappa shape index (κ3) is 1.79. The van der Waals surface area contributed by atoms with Gasteiger partial charge in [0.1, 0.15) is 11.3 Å². The Bertz CT molecular complexity index is 593. The number of nitrogens with one attached hydrogen (secondary N) is 1. The molecule has 1 aliphatic rings. The first-order valence-electron chi connectivity index (χ1n) is 6.61. The van der Waals surface area contributed by atoms with Crippen LogP contribution in [0.3, 0.4) is 0 Å². The van der Waals surface area contributed by atoms with Gasteiger partial charge in [-0.25, -0.2) is 9.37 Å². The Kier molecular flexibility index (Phi) is 3.00. The molecule has 18 heavy (non-hydrogen) atoms. The number of benzene rings is 1. The number of halogens is 1. The Morgan fingerprint density at radius 3 is 3.06 bits per heavy atom. The summed E-state index contributed by atoms with van der Waals surface area (Å²) >= 11 is 0. The maximum Gasteiger partial charge on any atom is 0.149 e. The molecule has 0 aliphatic heterocycles. The quantitative estimate of drug-likeness (QED) is 0.898. The molecule has 3 heteroatoms. The topological polar surface area (TPSA) is 24.9 Å². The van der Waals surface area contributed by atoms with Gasteiger partial charge in [0.2, 0.25) is 0 Å². The second-order valence-corrected chi connectivity index (χ2v) is 4.79. The van der Waals surface area contributed by atoms with Crippen molar-refractivity contribution in [2.45, 2.75) is 32.7 Å². The van der Waals surface area contributed by atoms with E-state index < -0.39 is 0 Å². The van der Waals surface area contributed by atoms with Crippen molar-refractivity contribution in [3.05, 3.63) is 40.8 Å². The summed E-state index contributed by atoms with van der Waals surface area (Å²) in [5, 5.41) is 4.32. The molecule has 0 bridgehead atoms. The highest BCUT2D eigenvalue weighted by atomic mass is 19.1. The minimum absolute atomic E-state index is 0.208. The zero-order valence-electron chi connectivity index (χ0n) is 10.6. The molecule has 1 aromatic carbocycles. The normalized spacial score (nSPS) is 14.1. The van der Waals surface area contributed by atoms with Crippen LogP contribution in [0.1, 0.15) is 30.2 Å². The number of aryl methyl sites for hydroxylation is 1. The summed E-state index contributed by atoms with van der Waals surface area (Å²) in [6.45, 7) is 3.82. The smallest absolute Gasteiger partial charge is 0.149 e. The maximum absolute atomic E-state index is 13.9. The molecule has 94 valence electrons. The lowest BCUT2D eigenvalue weighted by molar-refractivity contribution is 0.636. The highest BCUT2D eigenvalue weighted by Crippen LogP contribution is 2.30. The Morgan fingerprint density at radius 1 is 1.33 bits per heavy atom. The highest BCUT2D eigenvalue weighted by Gasteiger charge is 2.20. The zero-order valence-corrected chi connectivity index (χ0v) is 10.6. The van der Waals surface area contributed by atoms with Gasteiger partial charge in [0, 0.05) is 17.6 Å². The van der Waals surface area contributed by atoms with Crippen LogP contribution in [0.25, 0.3) is 10.9 Å². The van der Waals surface area contributed by atoms with Gasteiger partial charge in [-0.2, -0.15) is 0 Å². The van der Waals surface area contributed by atoms with Crippen LogP contribution in [-0.2, 0) is 19.4 Å². The first kappa shape index (κ1) is 11.6. The minimum Gasteiger partial charge on any atom is -0.313 e. The molecule has 0 amide bonds. The minimum atomic E-state index is -0.208. The van der Waals surface area contributed by atoms with E-state index in [0.717, 1.165) is 43.4 Å². The van der Waals surface area contributed by atoms with Crippen molar-refractivity contribution < 1.29 is 4.39 Å². The molecule has 2 nitrogen and oxygen atoms in total. The Balaban J connectivity index is 2.25. The number of rotatable bonds is 3. The molecule has 0 radical (unpaired) electrons. The lowest BCUT2D eigenvalue weighted by atomic mass is 10.0. The van der Waals surface area contributed by atoms with Crippen molar-refractivity contribution in [1.82, 2.24) is 10.3 Å². The predicted molar refractivity (Wildman–Crippen MR) is 71.1 cm³/mol. The van der Waals surface area contributed by atoms with Gasteiger partial charge in [-0.15, -0.1) is 0 Å². The van der Waals surface area contributed by atoms with E-state index >= 15 is 0 Å². The van der Waals surface area contributed by atoms with Gasteiger partial charge >= 0.3 is 0 Å². The van der Waals surface area contributed by atoms with Crippen LogP contribution in [0, 0.1) is 5.82 Å². The molecule has 0 atom stereocenters. The van der Waals surface area contributed by atoms with E-state index in [2.05, 4.69) is 17.2 Å². The van der Waals surface area contributed by atoms with Crippen LogP contribution in [0.2, 0.25) is 0 Å². The van der Waals surface area contributed by atoms with Crippen molar-refractivity contribution in [1.29, 1.82) is 0 Å². The van der Waals surface area contributed by atoms with E-state index in [1.165, 1.54) is 17.2 Å². The molecule has 1 N–H and O–H groups in total. The van der Waals surface area contributed by atoms with Crippen LogP contribution in [0.5, 0.6) is 0 Å². The fourth-order valence-electron chi connectivity index (χ4n) is 2.80. The molecule has 1 aliphatic carbocycles. The van der Waals surface area contributed by atoms with E-state index in [1.54, 1.807) is 6.07 Å². The summed E-state index contributed by atoms with van der Waals surface area (Å²) < 4.78 is 13.9. The van der Waals surface area contributed by atoms with E-state index in [1.807, 2.05) is 6.07 Å². The van der Waals surface area contributed by atoms with Gasteiger partial charge in [0.25, 0.3) is 0 Å². The second kappa shape index (κ2) is 4.65. The summed E-state index contributed by atoms with van der Waals surface area (Å²) in [4.78, 5) is 4.52. The first-order chi connectivity index (χ1) is 8.81. The fraction of sp³-hybridized carbons (Fsp3) is 0.400. The summed E-state index contributed by atoms with van der Waals surface area (Å²) in [5.41, 5.74) is 4.22. The lowest BCUT2D eigenvalue weighted by Gasteiger charge is -2.13. The number of fused-ring (bicyclic) bond motifs is 2. The van der Waals surface area contributed by atoms with Crippen LogP contribution < -0.4 is 5.32 Å². The summed E-state index contributed by atoms with van der Waals surface area (Å²) in [6.07, 6.45) is 3.20. The number of hydrogen-bond donors (Lipinski definition) is 1. The van der Waals surface area contributed by atoms with Crippen LogP contribution in [0.4, 0.5) is 4.39 Å². The summed E-state index contributed by atoms with van der Waals surface area (Å²) in [6, 6.07) is 5.25. The van der Waals surface area contributed by atoms with Gasteiger partial charge in [0.05, 0.1) is 0 Å². The number of aromatic nitrogens is 1. The highest BCUT2D eigenvalue weighted by molar-refractivity contribution is 5.84. The third-order valence-electron chi connectivity index (χ3n) is 3.66. The zero-order chi connectivity index (χ0) is 12.5. The third-order valence-corrected chi connectivity index (χ3v) is 3.66. The van der Waals surface area contributed by atoms with E-state index in [9.17, 15) is 4.39 Å². The average molecular weight is 244 g/mol. The molecule has 0 saturated carbocycles. The lowest BCUT2D eigenvalue weighted by Crippen LogP contribution is -2.14. The molecule has 2 aromatic rings. The van der Waals surface area contributed by atoms with E-state index in [4.69, 9.17) is 0 Å². The molecule has 1 aromatic heterocycles. The van der Waals surface area contributed by atoms with Gasteiger partial charge < -0.3 is 5.32 Å². The molecular formula is C15H17FN2. The Morgan fingerprint density at radius 2 is 2.22 bits per heavy atom. The maximum atomic E-state index is 13.9. The Hall–Kier alpha value is -1.48. The molecular weight excluding hydrogens is 227 g/mol. The van der Waals surface area contributed by atoms with E-state index in [-0.39, 0.29) is 5.82 Å². The average Bonchev–Trinajstić information content (AvgIpc) is 2.83. The van der Waals surface area contributed by atoms with Crippen molar-refractivity contribution in [3.8, 4) is 0 Å². The van der Waals surface area contributed by atoms with Gasteiger partial charge in [-0.1, -0.05) is 19.1 Å². The van der Waals surface area contributed by atoms with Crippen LogP contribution in [-0.4, -0.2) is 11.5 Å². The van der Waals surface area contributed by atoms with Crippen LogP contribution >= 0.6 is 0 Å². The van der Waals surface area contributed by atoms with Gasteiger partial charge in [-0.3, -0.25) is 0 Å². The number of hydrogen-bond acceptors (Lipinski definition) is 2. The first-order valence-corrected chi connectivity index (χ1v) is 6.61. The van der Waals surface area contributed by atoms with Crippen LogP contribution in [0.15, 0.2) is 18.2 Å². The second-order valence-electron chi connectivity index (χ2n) is 4.79. The monoisotopic (exact) mass is 244 g/mol. The fourth-order valence-corrected chi connectivity index (χ4v) is 2.80. The largest absolute Gasteiger partial charge is 0.313 e. The SMILES string of the molecule is CCNCc1c2c(nc3c(F)cccc13)CCC2. The number of pyridine rings is 1. The number of para-hydroxylation sites is 1. The van der Waals surface area contributed by atoms with Crippen molar-refractivity contribution in [2.75, 3.05) is 6.54 Å². The van der Waals surface area contributed by atoms with Crippen molar-refractivity contribution in [3.63, 3.8) is 0 Å². The Labute approximate surface area is 106 Å². The van der Waals surface area contributed by atoms with Gasteiger partial charge in [0.15, 0.2) is 0 Å². The number of nitrogens with zero attached hydrogens (tertiary/aromatic N) is 1. The summed E-state index contributed by atoms with van der Waals surface area (Å²) in [5.74, 6) is -0.208. The predicted octanol–water partition coefficient (Wildman–Crippen LogP) is 2.97. The van der Waals surface area contributed by atoms with Crippen molar-refractivity contribution >= 4 is 10.9 Å². The summed E-state index contributed by atoms with van der Waals surface area (Å²) in [7, 11) is 0. The molecule has 0 fully saturated rings. The molecule has 3 rings (SSSR count). The molecule has 0 spiro atoms. The van der Waals surface area contributed by atoms with E-state index in [0.29, 0.717) is 5.52 Å². The van der Waals surface area contributed by atoms with Gasteiger partial charge in [-0.05, 0) is 43.0 Å². The molecule has 0 saturated heterocycles. The molecule has 1 heterocycles. The molecule has 0 unspecified atom stereocenters. The standard InChI is InChI=1S/C15H17FN2/c1-2-17-9-12-10-5-4-8-14(10)18-15-11(12)6-3-7-13(15)16/h3,6-7,17H,2,4-5,8-9H2,1H3. The van der Waals surface area contributed by atoms with Crippen molar-refractivity contribution in [2.24, 2.45) is 0 Å².